The quantitative estimate of drug-likeness (QED) is 0.789. The molecule has 0 bridgehead atoms. The second kappa shape index (κ2) is 6.44. The van der Waals surface area contributed by atoms with E-state index in [0.717, 1.165) is 11.4 Å². The van der Waals surface area contributed by atoms with Gasteiger partial charge in [0.15, 0.2) is 5.82 Å². The van der Waals surface area contributed by atoms with E-state index in [1.54, 1.807) is 6.20 Å². The van der Waals surface area contributed by atoms with E-state index in [1.165, 1.54) is 11.1 Å². The van der Waals surface area contributed by atoms with Gasteiger partial charge in [-0.3, -0.25) is 0 Å². The zero-order valence-electron chi connectivity index (χ0n) is 13.5. The van der Waals surface area contributed by atoms with Crippen molar-refractivity contribution in [2.45, 2.75) is 13.8 Å². The van der Waals surface area contributed by atoms with Crippen LogP contribution >= 0.6 is 0 Å². The standard InChI is InChI=1S/C18H19N5/c1-13-8-7-11-16(14(13)2)20-17-12-19-22-18(21-17)23(3)15-9-5-4-6-10-15/h4-12H,1-3H3,(H,20,21,22). The van der Waals surface area contributed by atoms with Gasteiger partial charge in [-0.2, -0.15) is 10.1 Å². The third kappa shape index (κ3) is 3.29. The summed E-state index contributed by atoms with van der Waals surface area (Å²) in [6, 6.07) is 16.1. The Kier molecular flexibility index (Phi) is 4.19. The number of benzene rings is 2. The fourth-order valence-electron chi connectivity index (χ4n) is 2.29. The largest absolute Gasteiger partial charge is 0.339 e. The average Bonchev–Trinajstić information content (AvgIpc) is 2.59. The maximum absolute atomic E-state index is 4.56. The normalized spacial score (nSPS) is 10.4. The van der Waals surface area contributed by atoms with Crippen LogP contribution in [0, 0.1) is 13.8 Å². The molecule has 0 atom stereocenters. The summed E-state index contributed by atoms with van der Waals surface area (Å²) in [5.74, 6) is 1.22. The third-order valence-corrected chi connectivity index (χ3v) is 3.86. The van der Waals surface area contributed by atoms with Crippen LogP contribution in [0.1, 0.15) is 11.1 Å². The zero-order valence-corrected chi connectivity index (χ0v) is 13.5. The molecule has 0 aliphatic carbocycles. The van der Waals surface area contributed by atoms with Gasteiger partial charge in [-0.25, -0.2) is 0 Å². The van der Waals surface area contributed by atoms with Crippen LogP contribution in [0.3, 0.4) is 0 Å². The number of aryl methyl sites for hydroxylation is 1. The molecule has 0 saturated heterocycles. The summed E-state index contributed by atoms with van der Waals surface area (Å²) >= 11 is 0. The molecule has 23 heavy (non-hydrogen) atoms. The van der Waals surface area contributed by atoms with Gasteiger partial charge >= 0.3 is 0 Å². The van der Waals surface area contributed by atoms with Crippen molar-refractivity contribution in [1.82, 2.24) is 15.2 Å². The van der Waals surface area contributed by atoms with Crippen molar-refractivity contribution in [2.75, 3.05) is 17.3 Å². The Morgan fingerprint density at radius 1 is 0.957 bits per heavy atom. The molecule has 0 aliphatic heterocycles. The summed E-state index contributed by atoms with van der Waals surface area (Å²) < 4.78 is 0. The summed E-state index contributed by atoms with van der Waals surface area (Å²) in [7, 11) is 1.92. The maximum atomic E-state index is 4.56. The molecule has 116 valence electrons. The minimum atomic E-state index is 0.548. The Balaban J connectivity index is 1.87. The maximum Gasteiger partial charge on any atom is 0.251 e. The SMILES string of the molecule is Cc1cccc(Nc2cnnc(N(C)c3ccccc3)n2)c1C. The molecule has 0 spiro atoms. The average molecular weight is 305 g/mol. The molecule has 3 aromatic rings. The lowest BCUT2D eigenvalue weighted by molar-refractivity contribution is 0.931. The monoisotopic (exact) mass is 305 g/mol. The third-order valence-electron chi connectivity index (χ3n) is 3.86. The summed E-state index contributed by atoms with van der Waals surface area (Å²) in [6.07, 6.45) is 1.63. The molecule has 0 fully saturated rings. The number of hydrogen-bond donors (Lipinski definition) is 1. The van der Waals surface area contributed by atoms with Crippen molar-refractivity contribution < 1.29 is 0 Å². The van der Waals surface area contributed by atoms with E-state index in [2.05, 4.69) is 40.4 Å². The molecule has 5 heteroatoms. The van der Waals surface area contributed by atoms with Crippen LogP contribution < -0.4 is 10.2 Å². The first-order chi connectivity index (χ1) is 11.1. The number of aromatic nitrogens is 3. The molecule has 2 aromatic carbocycles. The molecule has 0 aliphatic rings. The van der Waals surface area contributed by atoms with Gasteiger partial charge in [-0.15, -0.1) is 5.10 Å². The van der Waals surface area contributed by atoms with E-state index in [-0.39, 0.29) is 0 Å². The molecule has 0 amide bonds. The topological polar surface area (TPSA) is 53.9 Å². The van der Waals surface area contributed by atoms with Crippen LogP contribution in [0.4, 0.5) is 23.1 Å². The number of nitrogens with one attached hydrogen (secondary N) is 1. The van der Waals surface area contributed by atoms with Gasteiger partial charge in [0.25, 0.3) is 5.95 Å². The van der Waals surface area contributed by atoms with E-state index in [9.17, 15) is 0 Å². The van der Waals surface area contributed by atoms with Crippen LogP contribution in [0.25, 0.3) is 0 Å². The van der Waals surface area contributed by atoms with Crippen LogP contribution in [-0.4, -0.2) is 22.2 Å². The molecule has 1 aromatic heterocycles. The lowest BCUT2D eigenvalue weighted by Gasteiger charge is -2.17. The highest BCUT2D eigenvalue weighted by Gasteiger charge is 2.09. The molecule has 1 heterocycles. The van der Waals surface area contributed by atoms with Gasteiger partial charge in [0.2, 0.25) is 0 Å². The smallest absolute Gasteiger partial charge is 0.251 e. The summed E-state index contributed by atoms with van der Waals surface area (Å²) in [4.78, 5) is 6.46. The van der Waals surface area contributed by atoms with Crippen LogP contribution in [0.15, 0.2) is 54.7 Å². The minimum absolute atomic E-state index is 0.548. The lowest BCUT2D eigenvalue weighted by atomic mass is 10.1. The summed E-state index contributed by atoms with van der Waals surface area (Å²) in [6.45, 7) is 4.18. The van der Waals surface area contributed by atoms with Gasteiger partial charge < -0.3 is 10.2 Å². The number of nitrogens with zero attached hydrogens (tertiary/aromatic N) is 4. The predicted molar refractivity (Wildman–Crippen MR) is 93.5 cm³/mol. The fourth-order valence-corrected chi connectivity index (χ4v) is 2.29. The molecule has 3 rings (SSSR count). The second-order valence-electron chi connectivity index (χ2n) is 5.41. The van der Waals surface area contributed by atoms with Gasteiger partial charge in [0.05, 0.1) is 6.20 Å². The molecule has 0 radical (unpaired) electrons. The molecule has 0 saturated carbocycles. The van der Waals surface area contributed by atoms with Crippen molar-refractivity contribution in [1.29, 1.82) is 0 Å². The van der Waals surface area contributed by atoms with Gasteiger partial charge in [-0.1, -0.05) is 30.3 Å². The first-order valence-corrected chi connectivity index (χ1v) is 7.47. The zero-order chi connectivity index (χ0) is 16.2. The van der Waals surface area contributed by atoms with Crippen LogP contribution in [0.2, 0.25) is 0 Å². The van der Waals surface area contributed by atoms with E-state index >= 15 is 0 Å². The molecular weight excluding hydrogens is 286 g/mol. The summed E-state index contributed by atoms with van der Waals surface area (Å²) in [5, 5.41) is 11.5. The first-order valence-electron chi connectivity index (χ1n) is 7.47. The molecule has 5 nitrogen and oxygen atoms in total. The molecule has 1 N–H and O–H groups in total. The van der Waals surface area contributed by atoms with Crippen molar-refractivity contribution in [3.05, 3.63) is 65.9 Å². The number of rotatable bonds is 4. The Morgan fingerprint density at radius 3 is 2.52 bits per heavy atom. The van der Waals surface area contributed by atoms with Crippen molar-refractivity contribution >= 4 is 23.1 Å². The van der Waals surface area contributed by atoms with Crippen molar-refractivity contribution in [2.24, 2.45) is 0 Å². The number of para-hydroxylation sites is 1. The second-order valence-corrected chi connectivity index (χ2v) is 5.41. The fraction of sp³-hybridized carbons (Fsp3) is 0.167. The van der Waals surface area contributed by atoms with Gasteiger partial charge in [-0.05, 0) is 43.2 Å². The van der Waals surface area contributed by atoms with Crippen LogP contribution in [-0.2, 0) is 0 Å². The number of anilines is 4. The van der Waals surface area contributed by atoms with Crippen molar-refractivity contribution in [3.8, 4) is 0 Å². The molecular formula is C18H19N5. The van der Waals surface area contributed by atoms with E-state index in [0.29, 0.717) is 11.8 Å². The minimum Gasteiger partial charge on any atom is -0.339 e. The van der Waals surface area contributed by atoms with E-state index < -0.39 is 0 Å². The van der Waals surface area contributed by atoms with Gasteiger partial charge in [0, 0.05) is 18.4 Å². The summed E-state index contributed by atoms with van der Waals surface area (Å²) in [5.41, 5.74) is 4.47. The Hall–Kier alpha value is -2.95. The Morgan fingerprint density at radius 2 is 1.74 bits per heavy atom. The van der Waals surface area contributed by atoms with E-state index in [1.807, 2.05) is 54.4 Å². The molecule has 0 unspecified atom stereocenters. The Bertz CT molecular complexity index is 802. The lowest BCUT2D eigenvalue weighted by Crippen LogP contribution is -2.14. The number of hydrogen-bond acceptors (Lipinski definition) is 5. The van der Waals surface area contributed by atoms with Crippen molar-refractivity contribution in [3.63, 3.8) is 0 Å². The van der Waals surface area contributed by atoms with E-state index in [4.69, 9.17) is 0 Å². The predicted octanol–water partition coefficient (Wildman–Crippen LogP) is 4.00. The highest BCUT2D eigenvalue weighted by Crippen LogP contribution is 2.23. The van der Waals surface area contributed by atoms with Crippen LogP contribution in [0.5, 0.6) is 0 Å². The van der Waals surface area contributed by atoms with Gasteiger partial charge in [0.1, 0.15) is 0 Å². The Labute approximate surface area is 136 Å². The first kappa shape index (κ1) is 15.0. The highest BCUT2D eigenvalue weighted by atomic mass is 15.3. The highest BCUT2D eigenvalue weighted by molar-refractivity contribution is 5.63.